The Morgan fingerprint density at radius 3 is 0.917 bits per heavy atom. The summed E-state index contributed by atoms with van der Waals surface area (Å²) in [4.78, 5) is 31.2. The molecule has 0 bridgehead atoms. The number of hydrogen-bond acceptors (Lipinski definition) is 4. The zero-order chi connectivity index (χ0) is 25.1. The molecule has 0 fully saturated rings. The summed E-state index contributed by atoms with van der Waals surface area (Å²) in [6, 6.07) is 29.3. The van der Waals surface area contributed by atoms with Gasteiger partial charge in [0.1, 0.15) is 0 Å². The number of carboxylic acid groups (broad SMARTS) is 2. The van der Waals surface area contributed by atoms with Gasteiger partial charge in [-0.3, -0.25) is 9.97 Å². The van der Waals surface area contributed by atoms with E-state index in [9.17, 15) is 9.59 Å². The molecule has 0 spiro atoms. The lowest BCUT2D eigenvalue weighted by Crippen LogP contribution is -1.95. The number of carbonyl (C=O) groups is 2. The van der Waals surface area contributed by atoms with Crippen LogP contribution < -0.4 is 0 Å². The Morgan fingerprint density at radius 2 is 0.667 bits per heavy atom. The van der Waals surface area contributed by atoms with Crippen LogP contribution in [0.5, 0.6) is 0 Å². The van der Waals surface area contributed by atoms with E-state index in [1.165, 1.54) is 0 Å². The molecular formula is C30H20N2O4. The van der Waals surface area contributed by atoms with Crippen molar-refractivity contribution >= 4 is 11.9 Å². The Bertz CT molecular complexity index is 1400. The minimum absolute atomic E-state index is 0.259. The van der Waals surface area contributed by atoms with Crippen LogP contribution in [0.25, 0.3) is 44.8 Å². The highest BCUT2D eigenvalue weighted by Crippen LogP contribution is 2.27. The Balaban J connectivity index is 1.30. The van der Waals surface area contributed by atoms with Crippen molar-refractivity contribution in [3.8, 4) is 44.8 Å². The maximum atomic E-state index is 11.0. The molecule has 6 heteroatoms. The summed E-state index contributed by atoms with van der Waals surface area (Å²) in [5.41, 5.74) is 7.73. The van der Waals surface area contributed by atoms with Gasteiger partial charge in [0.2, 0.25) is 0 Å². The summed E-state index contributed by atoms with van der Waals surface area (Å²) in [6.45, 7) is 0. The third-order valence-corrected chi connectivity index (χ3v) is 5.94. The molecule has 0 aliphatic carbocycles. The normalized spacial score (nSPS) is 10.7. The van der Waals surface area contributed by atoms with Crippen LogP contribution >= 0.6 is 0 Å². The highest BCUT2D eigenvalue weighted by molar-refractivity contribution is 5.89. The van der Waals surface area contributed by atoms with Gasteiger partial charge in [-0.1, -0.05) is 72.8 Å². The fraction of sp³-hybridized carbons (Fsp3) is 0. The second kappa shape index (κ2) is 9.64. The fourth-order valence-electron chi connectivity index (χ4n) is 3.90. The number of hydrogen-bond donors (Lipinski definition) is 2. The smallest absolute Gasteiger partial charge is 0.335 e. The molecule has 36 heavy (non-hydrogen) atoms. The van der Waals surface area contributed by atoms with Crippen LogP contribution in [0.1, 0.15) is 20.7 Å². The minimum Gasteiger partial charge on any atom is -0.478 e. The fourth-order valence-corrected chi connectivity index (χ4v) is 3.90. The standard InChI is InChI=1S/C30H20N2O4/c33-29(34)25-13-5-21(6-14-25)19-1-9-23(10-2-19)27-17-32-28(18-31-27)24-11-3-20(4-12-24)22-7-15-26(16-8-22)30(35)36/h1-18H,(H,33,34)(H,35,36). The van der Waals surface area contributed by atoms with Crippen LogP contribution in [0.3, 0.4) is 0 Å². The van der Waals surface area contributed by atoms with E-state index >= 15 is 0 Å². The third kappa shape index (κ3) is 4.74. The van der Waals surface area contributed by atoms with E-state index < -0.39 is 11.9 Å². The molecule has 0 aliphatic heterocycles. The monoisotopic (exact) mass is 472 g/mol. The highest BCUT2D eigenvalue weighted by Gasteiger charge is 2.07. The van der Waals surface area contributed by atoms with Crippen LogP contribution in [0.2, 0.25) is 0 Å². The van der Waals surface area contributed by atoms with Crippen LogP contribution in [0.15, 0.2) is 109 Å². The number of carboxylic acids is 2. The number of aromatic carboxylic acids is 2. The van der Waals surface area contributed by atoms with Crippen molar-refractivity contribution < 1.29 is 19.8 Å². The average Bonchev–Trinajstić information content (AvgIpc) is 2.93. The molecule has 0 saturated heterocycles. The van der Waals surface area contributed by atoms with Crippen LogP contribution in [0, 0.1) is 0 Å². The van der Waals surface area contributed by atoms with E-state index in [4.69, 9.17) is 10.2 Å². The average molecular weight is 473 g/mol. The lowest BCUT2D eigenvalue weighted by molar-refractivity contribution is 0.0686. The van der Waals surface area contributed by atoms with E-state index in [0.29, 0.717) is 0 Å². The van der Waals surface area contributed by atoms with Crippen molar-refractivity contribution in [3.05, 3.63) is 121 Å². The SMILES string of the molecule is O=C(O)c1ccc(-c2ccc(-c3cnc(-c4ccc(-c5ccc(C(=O)O)cc5)cc4)cn3)cc2)cc1. The van der Waals surface area contributed by atoms with Crippen molar-refractivity contribution in [2.75, 3.05) is 0 Å². The Hall–Kier alpha value is -5.10. The van der Waals surface area contributed by atoms with Crippen molar-refractivity contribution in [2.24, 2.45) is 0 Å². The number of benzene rings is 4. The number of aromatic nitrogens is 2. The zero-order valence-electron chi connectivity index (χ0n) is 19.0. The molecule has 6 nitrogen and oxygen atoms in total. The molecule has 1 heterocycles. The molecule has 174 valence electrons. The van der Waals surface area contributed by atoms with E-state index in [2.05, 4.69) is 9.97 Å². The van der Waals surface area contributed by atoms with Gasteiger partial charge in [0, 0.05) is 11.1 Å². The predicted octanol–water partition coefficient (Wildman–Crippen LogP) is 6.54. The van der Waals surface area contributed by atoms with Crippen molar-refractivity contribution in [1.82, 2.24) is 9.97 Å². The van der Waals surface area contributed by atoms with Crippen LogP contribution in [-0.2, 0) is 0 Å². The largest absolute Gasteiger partial charge is 0.478 e. The van der Waals surface area contributed by atoms with E-state index in [1.54, 1.807) is 60.9 Å². The molecule has 0 unspecified atom stereocenters. The Morgan fingerprint density at radius 1 is 0.417 bits per heavy atom. The molecule has 2 N–H and O–H groups in total. The summed E-state index contributed by atoms with van der Waals surface area (Å²) >= 11 is 0. The highest BCUT2D eigenvalue weighted by atomic mass is 16.4. The zero-order valence-corrected chi connectivity index (χ0v) is 19.0. The Labute approximate surface area is 207 Å². The van der Waals surface area contributed by atoms with Gasteiger partial charge in [0.05, 0.1) is 34.9 Å². The molecule has 5 rings (SSSR count). The van der Waals surface area contributed by atoms with Gasteiger partial charge in [0.15, 0.2) is 0 Å². The summed E-state index contributed by atoms with van der Waals surface area (Å²) in [5, 5.41) is 18.1. The summed E-state index contributed by atoms with van der Waals surface area (Å²) in [5.74, 6) is -1.88. The number of nitrogens with zero attached hydrogens (tertiary/aromatic N) is 2. The van der Waals surface area contributed by atoms with Crippen molar-refractivity contribution in [3.63, 3.8) is 0 Å². The molecule has 1 aromatic heterocycles. The molecule has 0 saturated carbocycles. The van der Waals surface area contributed by atoms with Gasteiger partial charge in [-0.25, -0.2) is 9.59 Å². The summed E-state index contributed by atoms with van der Waals surface area (Å²) in [7, 11) is 0. The van der Waals surface area contributed by atoms with Crippen molar-refractivity contribution in [2.45, 2.75) is 0 Å². The maximum Gasteiger partial charge on any atom is 0.335 e. The van der Waals surface area contributed by atoms with Crippen molar-refractivity contribution in [1.29, 1.82) is 0 Å². The van der Waals surface area contributed by atoms with Gasteiger partial charge in [-0.15, -0.1) is 0 Å². The van der Waals surface area contributed by atoms with E-state index in [1.807, 2.05) is 48.5 Å². The van der Waals surface area contributed by atoms with Gasteiger partial charge >= 0.3 is 11.9 Å². The second-order valence-electron chi connectivity index (χ2n) is 8.21. The van der Waals surface area contributed by atoms with Crippen LogP contribution in [0.4, 0.5) is 0 Å². The minimum atomic E-state index is -0.942. The first-order valence-electron chi connectivity index (χ1n) is 11.2. The maximum absolute atomic E-state index is 11.0. The van der Waals surface area contributed by atoms with Gasteiger partial charge in [0.25, 0.3) is 0 Å². The first-order valence-corrected chi connectivity index (χ1v) is 11.2. The molecule has 0 aliphatic rings. The van der Waals surface area contributed by atoms with Gasteiger partial charge < -0.3 is 10.2 Å². The predicted molar refractivity (Wildman–Crippen MR) is 138 cm³/mol. The summed E-state index contributed by atoms with van der Waals surface area (Å²) < 4.78 is 0. The first kappa shape index (κ1) is 22.7. The van der Waals surface area contributed by atoms with Gasteiger partial charge in [-0.2, -0.15) is 0 Å². The molecule has 0 radical (unpaired) electrons. The van der Waals surface area contributed by atoms with Gasteiger partial charge in [-0.05, 0) is 46.5 Å². The first-order chi connectivity index (χ1) is 17.5. The topological polar surface area (TPSA) is 100 Å². The van der Waals surface area contributed by atoms with E-state index in [-0.39, 0.29) is 11.1 Å². The molecule has 0 atom stereocenters. The lowest BCUT2D eigenvalue weighted by atomic mass is 10.0. The molecule has 0 amide bonds. The third-order valence-electron chi connectivity index (χ3n) is 5.94. The quantitative estimate of drug-likeness (QED) is 0.291. The Kier molecular flexibility index (Phi) is 6.07. The summed E-state index contributed by atoms with van der Waals surface area (Å²) in [6.07, 6.45) is 3.48. The second-order valence-corrected chi connectivity index (χ2v) is 8.21. The van der Waals surface area contributed by atoms with Crippen LogP contribution in [-0.4, -0.2) is 32.1 Å². The molecular weight excluding hydrogens is 452 g/mol. The molecule has 4 aromatic carbocycles. The number of rotatable bonds is 6. The van der Waals surface area contributed by atoms with E-state index in [0.717, 1.165) is 44.8 Å². The molecule has 5 aromatic rings. The lowest BCUT2D eigenvalue weighted by Gasteiger charge is -2.07.